The first-order valence-electron chi connectivity index (χ1n) is 6.11. The number of nitrogen functional groups attached to an aromatic ring is 1. The number of nitrogens with one attached hydrogen (secondary N) is 1. The summed E-state index contributed by atoms with van der Waals surface area (Å²) < 4.78 is 5.00. The monoisotopic (exact) mass is 295 g/mol. The molecule has 0 aromatic heterocycles. The van der Waals surface area contributed by atoms with E-state index in [0.717, 1.165) is 0 Å². The standard InChI is InChI=1S/C12H17N5O4/c1-21-7-2-3-8(9(6-7)12(20)16-13)11(19)10(18)4-5-15-17-14/h2-3,6,10-11,18-19H,4-5,13H2,1H3,(H,16,20). The molecule has 114 valence electrons. The number of ether oxygens (including phenoxy) is 1. The second-order valence-electron chi connectivity index (χ2n) is 4.18. The minimum Gasteiger partial charge on any atom is -0.497 e. The summed E-state index contributed by atoms with van der Waals surface area (Å²) in [5.41, 5.74) is 10.4. The topological polar surface area (TPSA) is 154 Å². The summed E-state index contributed by atoms with van der Waals surface area (Å²) >= 11 is 0. The van der Waals surface area contributed by atoms with Gasteiger partial charge in [-0.2, -0.15) is 0 Å². The van der Waals surface area contributed by atoms with Crippen LogP contribution < -0.4 is 16.0 Å². The molecule has 0 fully saturated rings. The van der Waals surface area contributed by atoms with Crippen LogP contribution >= 0.6 is 0 Å². The van der Waals surface area contributed by atoms with Crippen LogP contribution in [-0.2, 0) is 0 Å². The van der Waals surface area contributed by atoms with Crippen molar-refractivity contribution in [1.82, 2.24) is 5.43 Å². The number of aliphatic hydroxyl groups excluding tert-OH is 2. The minimum atomic E-state index is -1.32. The Morgan fingerprint density at radius 3 is 2.86 bits per heavy atom. The summed E-state index contributed by atoms with van der Waals surface area (Å²) in [6, 6.07) is 4.41. The number of nitrogens with two attached hydrogens (primary N) is 1. The highest BCUT2D eigenvalue weighted by Gasteiger charge is 2.23. The van der Waals surface area contributed by atoms with Crippen molar-refractivity contribution < 1.29 is 19.7 Å². The predicted octanol–water partition coefficient (Wildman–Crippen LogP) is 0.393. The molecule has 0 aliphatic heterocycles. The van der Waals surface area contributed by atoms with Gasteiger partial charge in [0.1, 0.15) is 11.9 Å². The largest absolute Gasteiger partial charge is 0.497 e. The van der Waals surface area contributed by atoms with Gasteiger partial charge in [-0.15, -0.1) is 0 Å². The van der Waals surface area contributed by atoms with Gasteiger partial charge in [0.15, 0.2) is 0 Å². The number of hydrogen-bond acceptors (Lipinski definition) is 6. The van der Waals surface area contributed by atoms with Crippen molar-refractivity contribution in [3.63, 3.8) is 0 Å². The maximum absolute atomic E-state index is 11.7. The van der Waals surface area contributed by atoms with Crippen molar-refractivity contribution in [3.05, 3.63) is 39.8 Å². The Kier molecular flexibility index (Phi) is 6.44. The van der Waals surface area contributed by atoms with Crippen LogP contribution in [0.3, 0.4) is 0 Å². The maximum atomic E-state index is 11.7. The Bertz CT molecular complexity index is 544. The Labute approximate surface area is 120 Å². The Morgan fingerprint density at radius 1 is 1.57 bits per heavy atom. The van der Waals surface area contributed by atoms with Crippen molar-refractivity contribution in [2.24, 2.45) is 11.0 Å². The van der Waals surface area contributed by atoms with E-state index >= 15 is 0 Å². The molecule has 9 nitrogen and oxygen atoms in total. The number of azide groups is 1. The molecule has 0 saturated heterocycles. The third-order valence-electron chi connectivity index (χ3n) is 2.91. The smallest absolute Gasteiger partial charge is 0.265 e. The van der Waals surface area contributed by atoms with Gasteiger partial charge in [-0.05, 0) is 29.6 Å². The van der Waals surface area contributed by atoms with Crippen LogP contribution in [-0.4, -0.2) is 35.9 Å². The molecule has 0 spiro atoms. The summed E-state index contributed by atoms with van der Waals surface area (Å²) in [5.74, 6) is 4.89. The van der Waals surface area contributed by atoms with E-state index < -0.39 is 18.1 Å². The van der Waals surface area contributed by atoms with Gasteiger partial charge >= 0.3 is 0 Å². The number of hydrazine groups is 1. The minimum absolute atomic E-state index is 0.0311. The van der Waals surface area contributed by atoms with E-state index in [4.69, 9.17) is 16.1 Å². The normalized spacial score (nSPS) is 13.0. The van der Waals surface area contributed by atoms with Gasteiger partial charge in [-0.25, -0.2) is 5.84 Å². The van der Waals surface area contributed by atoms with Crippen molar-refractivity contribution in [1.29, 1.82) is 0 Å². The third kappa shape index (κ3) is 4.33. The van der Waals surface area contributed by atoms with Crippen LogP contribution in [0.4, 0.5) is 0 Å². The number of nitrogens with zero attached hydrogens (tertiary/aromatic N) is 3. The van der Waals surface area contributed by atoms with Crippen LogP contribution in [0.5, 0.6) is 5.75 Å². The fourth-order valence-corrected chi connectivity index (χ4v) is 1.79. The molecule has 0 radical (unpaired) electrons. The van der Waals surface area contributed by atoms with E-state index in [1.165, 1.54) is 19.2 Å². The highest BCUT2D eigenvalue weighted by Crippen LogP contribution is 2.26. The van der Waals surface area contributed by atoms with Crippen LogP contribution in [0, 0.1) is 0 Å². The molecule has 21 heavy (non-hydrogen) atoms. The van der Waals surface area contributed by atoms with Gasteiger partial charge in [0.05, 0.1) is 18.8 Å². The van der Waals surface area contributed by atoms with Gasteiger partial charge < -0.3 is 14.9 Å². The first-order valence-corrected chi connectivity index (χ1v) is 6.11. The molecule has 1 aromatic rings. The number of hydrogen-bond donors (Lipinski definition) is 4. The second kappa shape index (κ2) is 8.08. The van der Waals surface area contributed by atoms with E-state index in [1.54, 1.807) is 6.07 Å². The van der Waals surface area contributed by atoms with Gasteiger partial charge in [0.25, 0.3) is 5.91 Å². The zero-order valence-electron chi connectivity index (χ0n) is 11.4. The summed E-state index contributed by atoms with van der Waals surface area (Å²) in [6.07, 6.45) is -2.45. The van der Waals surface area contributed by atoms with Crippen molar-refractivity contribution in [3.8, 4) is 5.75 Å². The zero-order chi connectivity index (χ0) is 15.8. The molecule has 2 atom stereocenters. The van der Waals surface area contributed by atoms with Crippen LogP contribution in [0.2, 0.25) is 0 Å². The second-order valence-corrected chi connectivity index (χ2v) is 4.18. The van der Waals surface area contributed by atoms with Crippen LogP contribution in [0.25, 0.3) is 10.4 Å². The lowest BCUT2D eigenvalue weighted by atomic mass is 9.96. The molecule has 9 heteroatoms. The van der Waals surface area contributed by atoms with E-state index in [9.17, 15) is 15.0 Å². The quantitative estimate of drug-likeness (QED) is 0.143. The SMILES string of the molecule is COc1ccc(C(O)C(O)CCN=[N+]=[N-])c(C(=O)NN)c1. The van der Waals surface area contributed by atoms with Gasteiger partial charge in [-0.1, -0.05) is 11.2 Å². The van der Waals surface area contributed by atoms with E-state index in [0.29, 0.717) is 5.75 Å². The molecule has 1 aromatic carbocycles. The highest BCUT2D eigenvalue weighted by molar-refractivity contribution is 5.95. The Morgan fingerprint density at radius 2 is 2.29 bits per heavy atom. The molecule has 0 bridgehead atoms. The van der Waals surface area contributed by atoms with Crippen LogP contribution in [0.1, 0.15) is 28.4 Å². The Balaban J connectivity index is 3.04. The third-order valence-corrected chi connectivity index (χ3v) is 2.91. The van der Waals surface area contributed by atoms with Crippen molar-refractivity contribution >= 4 is 5.91 Å². The van der Waals surface area contributed by atoms with Gasteiger partial charge in [0.2, 0.25) is 0 Å². The molecular weight excluding hydrogens is 278 g/mol. The summed E-state index contributed by atoms with van der Waals surface area (Å²) in [7, 11) is 1.43. The zero-order valence-corrected chi connectivity index (χ0v) is 11.4. The van der Waals surface area contributed by atoms with E-state index in [2.05, 4.69) is 10.0 Å². The highest BCUT2D eigenvalue weighted by atomic mass is 16.5. The number of carbonyl (C=O) groups is 1. The number of aliphatic hydroxyl groups is 2. The van der Waals surface area contributed by atoms with Gasteiger partial charge in [0, 0.05) is 11.5 Å². The molecule has 0 heterocycles. The number of methoxy groups -OCH3 is 1. The molecule has 1 amide bonds. The predicted molar refractivity (Wildman–Crippen MR) is 74.2 cm³/mol. The Hall–Kier alpha value is -2.32. The fourth-order valence-electron chi connectivity index (χ4n) is 1.79. The summed E-state index contributed by atoms with van der Waals surface area (Å²) in [4.78, 5) is 14.3. The first kappa shape index (κ1) is 16.7. The van der Waals surface area contributed by atoms with Crippen LogP contribution in [0.15, 0.2) is 23.3 Å². The number of rotatable bonds is 7. The van der Waals surface area contributed by atoms with Gasteiger partial charge in [-0.3, -0.25) is 10.2 Å². The molecule has 1 rings (SSSR count). The number of benzene rings is 1. The number of carbonyl (C=O) groups excluding carboxylic acids is 1. The molecule has 0 aliphatic carbocycles. The lowest BCUT2D eigenvalue weighted by Gasteiger charge is -2.20. The summed E-state index contributed by atoms with van der Waals surface area (Å²) in [6.45, 7) is 0.0311. The van der Waals surface area contributed by atoms with Crippen molar-refractivity contribution in [2.75, 3.05) is 13.7 Å². The summed E-state index contributed by atoms with van der Waals surface area (Å²) in [5, 5.41) is 23.3. The van der Waals surface area contributed by atoms with E-state index in [-0.39, 0.29) is 24.1 Å². The molecule has 2 unspecified atom stereocenters. The number of amides is 1. The molecule has 0 saturated carbocycles. The van der Waals surface area contributed by atoms with E-state index in [1.807, 2.05) is 5.43 Å². The average molecular weight is 295 g/mol. The maximum Gasteiger partial charge on any atom is 0.265 e. The fraction of sp³-hybridized carbons (Fsp3) is 0.417. The first-order chi connectivity index (χ1) is 10.0. The van der Waals surface area contributed by atoms with Crippen molar-refractivity contribution in [2.45, 2.75) is 18.6 Å². The molecule has 5 N–H and O–H groups in total. The lowest BCUT2D eigenvalue weighted by molar-refractivity contribution is 0.0145. The molecular formula is C12H17N5O4. The average Bonchev–Trinajstić information content (AvgIpc) is 2.52. The lowest BCUT2D eigenvalue weighted by Crippen LogP contribution is -2.32. The molecule has 0 aliphatic rings.